The Hall–Kier alpha value is -2.80. The van der Waals surface area contributed by atoms with Gasteiger partial charge in [0.2, 0.25) is 0 Å². The molecular formula is C27H29ClN2O3S. The fourth-order valence-electron chi connectivity index (χ4n) is 3.99. The molecule has 178 valence electrons. The van der Waals surface area contributed by atoms with E-state index in [1.165, 1.54) is 0 Å². The van der Waals surface area contributed by atoms with Crippen LogP contribution in [-0.2, 0) is 16.3 Å². The number of anilines is 1. The predicted molar refractivity (Wildman–Crippen MR) is 139 cm³/mol. The van der Waals surface area contributed by atoms with Crippen LogP contribution in [0, 0.1) is 0 Å². The van der Waals surface area contributed by atoms with Crippen LogP contribution in [-0.4, -0.2) is 31.0 Å². The van der Waals surface area contributed by atoms with Gasteiger partial charge in [0, 0.05) is 23.3 Å². The van der Waals surface area contributed by atoms with Gasteiger partial charge in [0.05, 0.1) is 21.9 Å². The topological polar surface area (TPSA) is 69.6 Å². The average Bonchev–Trinajstić information content (AvgIpc) is 3.25. The largest absolute Gasteiger partial charge is 0.384 e. The van der Waals surface area contributed by atoms with E-state index < -0.39 is 15.4 Å². The molecule has 0 spiro atoms. The van der Waals surface area contributed by atoms with Crippen molar-refractivity contribution >= 4 is 27.1 Å². The molecule has 0 amide bonds. The second-order valence-electron chi connectivity index (χ2n) is 8.94. The van der Waals surface area contributed by atoms with Crippen LogP contribution in [0.15, 0.2) is 89.6 Å². The smallest absolute Gasteiger partial charge is 0.178 e. The number of hydrogen-bond donors (Lipinski definition) is 2. The maximum atomic E-state index is 12.3. The summed E-state index contributed by atoms with van der Waals surface area (Å²) >= 11 is 6.41. The Bertz CT molecular complexity index is 1310. The first kappa shape index (κ1) is 24.3. The number of benzene rings is 3. The summed E-state index contributed by atoms with van der Waals surface area (Å²) in [6.07, 6.45) is 2.46. The van der Waals surface area contributed by atoms with Crippen molar-refractivity contribution in [2.75, 3.05) is 10.7 Å². The van der Waals surface area contributed by atoms with Crippen LogP contribution in [0.5, 0.6) is 0 Å². The molecule has 1 unspecified atom stereocenters. The van der Waals surface area contributed by atoms with Crippen LogP contribution in [0.4, 0.5) is 5.69 Å². The first-order valence-corrected chi connectivity index (χ1v) is 13.3. The van der Waals surface area contributed by atoms with Gasteiger partial charge in [-0.3, -0.25) is 0 Å². The minimum absolute atomic E-state index is 0.0695. The van der Waals surface area contributed by atoms with E-state index >= 15 is 0 Å². The van der Waals surface area contributed by atoms with Gasteiger partial charge in [-0.05, 0) is 60.9 Å². The van der Waals surface area contributed by atoms with Crippen LogP contribution < -0.4 is 10.2 Å². The molecule has 0 aliphatic carbocycles. The lowest BCUT2D eigenvalue weighted by atomic mass is 10.0. The molecule has 3 aromatic rings. The third-order valence-electron chi connectivity index (χ3n) is 6.03. The minimum Gasteiger partial charge on any atom is -0.384 e. The Kier molecular flexibility index (Phi) is 6.76. The molecule has 0 saturated heterocycles. The summed E-state index contributed by atoms with van der Waals surface area (Å²) in [4.78, 5) is 2.43. The minimum atomic E-state index is -3.27. The molecule has 1 heterocycles. The van der Waals surface area contributed by atoms with E-state index in [-0.39, 0.29) is 11.9 Å². The van der Waals surface area contributed by atoms with Gasteiger partial charge in [-0.1, -0.05) is 61.0 Å². The third-order valence-corrected chi connectivity index (χ3v) is 8.13. The molecule has 1 aliphatic rings. The summed E-state index contributed by atoms with van der Waals surface area (Å²) in [6.45, 7) is 5.15. The van der Waals surface area contributed by atoms with E-state index in [1.54, 1.807) is 39.0 Å². The maximum absolute atomic E-state index is 12.3. The quantitative estimate of drug-likeness (QED) is 0.459. The third kappa shape index (κ3) is 5.14. The average molecular weight is 497 g/mol. The van der Waals surface area contributed by atoms with Crippen molar-refractivity contribution in [1.29, 1.82) is 0 Å². The van der Waals surface area contributed by atoms with Crippen LogP contribution in [0.2, 0.25) is 5.02 Å². The van der Waals surface area contributed by atoms with E-state index in [1.807, 2.05) is 60.8 Å². The summed E-state index contributed by atoms with van der Waals surface area (Å²) in [5.74, 6) is 0.0695. The van der Waals surface area contributed by atoms with Crippen LogP contribution in [0.3, 0.4) is 0 Å². The number of sulfone groups is 1. The van der Waals surface area contributed by atoms with Gasteiger partial charge >= 0.3 is 0 Å². The van der Waals surface area contributed by atoms with E-state index in [4.69, 9.17) is 11.6 Å². The Balaban J connectivity index is 1.64. The zero-order valence-electron chi connectivity index (χ0n) is 19.5. The molecule has 3 aromatic carbocycles. The summed E-state index contributed by atoms with van der Waals surface area (Å²) < 4.78 is 24.6. The van der Waals surface area contributed by atoms with Gasteiger partial charge in [-0.25, -0.2) is 8.42 Å². The summed E-state index contributed by atoms with van der Waals surface area (Å²) in [5.41, 5.74) is 3.46. The second-order valence-corrected chi connectivity index (χ2v) is 11.6. The maximum Gasteiger partial charge on any atom is 0.178 e. The standard InChI is InChI=1S/C27H29ClN2O3S/c1-4-34(32,33)23-10-7-9-20(16-23)19-12-14-22(15-13-19)30-18-25(27(2,3)31)29-26(30)17-21-8-5-6-11-24(21)28/h5-16,18,26,29,31H,4,17H2,1-3H3. The monoisotopic (exact) mass is 496 g/mol. The van der Waals surface area contributed by atoms with Crippen molar-refractivity contribution in [2.24, 2.45) is 0 Å². The highest BCUT2D eigenvalue weighted by molar-refractivity contribution is 7.91. The first-order chi connectivity index (χ1) is 16.1. The predicted octanol–water partition coefficient (Wildman–Crippen LogP) is 5.39. The van der Waals surface area contributed by atoms with E-state index in [2.05, 4.69) is 10.2 Å². The summed E-state index contributed by atoms with van der Waals surface area (Å²) in [5, 5.41) is 14.7. The number of aliphatic hydroxyl groups is 1. The zero-order valence-corrected chi connectivity index (χ0v) is 21.1. The Morgan fingerprint density at radius 2 is 1.71 bits per heavy atom. The van der Waals surface area contributed by atoms with Crippen molar-refractivity contribution in [2.45, 2.75) is 43.9 Å². The lowest BCUT2D eigenvalue weighted by molar-refractivity contribution is 0.112. The first-order valence-electron chi connectivity index (χ1n) is 11.2. The van der Waals surface area contributed by atoms with E-state index in [0.717, 1.165) is 28.1 Å². The number of nitrogens with one attached hydrogen (secondary N) is 1. The zero-order chi connectivity index (χ0) is 24.5. The molecule has 34 heavy (non-hydrogen) atoms. The van der Waals surface area contributed by atoms with Gasteiger partial charge in [-0.15, -0.1) is 0 Å². The van der Waals surface area contributed by atoms with Gasteiger partial charge in [-0.2, -0.15) is 0 Å². The molecular weight excluding hydrogens is 468 g/mol. The normalized spacial score (nSPS) is 16.3. The number of halogens is 1. The molecule has 5 nitrogen and oxygen atoms in total. The molecule has 4 rings (SSSR count). The fourth-order valence-corrected chi connectivity index (χ4v) is 5.13. The van der Waals surface area contributed by atoms with Crippen molar-refractivity contribution < 1.29 is 13.5 Å². The Morgan fingerprint density at radius 1 is 1.00 bits per heavy atom. The van der Waals surface area contributed by atoms with Crippen LogP contribution >= 0.6 is 11.6 Å². The van der Waals surface area contributed by atoms with Gasteiger partial charge < -0.3 is 15.3 Å². The lowest BCUT2D eigenvalue weighted by Gasteiger charge is -2.27. The molecule has 0 bridgehead atoms. The van der Waals surface area contributed by atoms with Gasteiger partial charge in [0.25, 0.3) is 0 Å². The van der Waals surface area contributed by atoms with Crippen molar-refractivity contribution in [3.63, 3.8) is 0 Å². The second kappa shape index (κ2) is 9.45. The molecule has 7 heteroatoms. The molecule has 1 atom stereocenters. The number of rotatable bonds is 7. The summed E-state index contributed by atoms with van der Waals surface area (Å²) in [7, 11) is -3.27. The number of hydrogen-bond acceptors (Lipinski definition) is 5. The van der Waals surface area contributed by atoms with Crippen LogP contribution in [0.1, 0.15) is 26.3 Å². The van der Waals surface area contributed by atoms with Gasteiger partial charge in [0.15, 0.2) is 9.84 Å². The van der Waals surface area contributed by atoms with Crippen molar-refractivity contribution in [1.82, 2.24) is 5.32 Å². The van der Waals surface area contributed by atoms with E-state index in [0.29, 0.717) is 16.3 Å². The van der Waals surface area contributed by atoms with Crippen LogP contribution in [0.25, 0.3) is 11.1 Å². The fraction of sp³-hybridized carbons (Fsp3) is 0.259. The Morgan fingerprint density at radius 3 is 2.35 bits per heavy atom. The van der Waals surface area contributed by atoms with Crippen molar-refractivity contribution in [3.05, 3.63) is 95.3 Å². The van der Waals surface area contributed by atoms with E-state index in [9.17, 15) is 13.5 Å². The lowest BCUT2D eigenvalue weighted by Crippen LogP contribution is -2.41. The molecule has 0 radical (unpaired) electrons. The molecule has 0 fully saturated rings. The van der Waals surface area contributed by atoms with Gasteiger partial charge in [0.1, 0.15) is 6.17 Å². The molecule has 0 saturated carbocycles. The molecule has 1 aliphatic heterocycles. The highest BCUT2D eigenvalue weighted by atomic mass is 35.5. The summed E-state index contributed by atoms with van der Waals surface area (Å²) in [6, 6.07) is 22.8. The number of nitrogens with zero attached hydrogens (tertiary/aromatic N) is 1. The highest BCUT2D eigenvalue weighted by Gasteiger charge is 2.32. The Labute approximate surface area is 206 Å². The molecule has 0 aromatic heterocycles. The van der Waals surface area contributed by atoms with Crippen molar-refractivity contribution in [3.8, 4) is 11.1 Å². The highest BCUT2D eigenvalue weighted by Crippen LogP contribution is 2.31. The SMILES string of the molecule is CCS(=O)(=O)c1cccc(-c2ccc(N3C=C(C(C)(C)O)NC3Cc3ccccc3Cl)cc2)c1. The molecule has 2 N–H and O–H groups in total.